The normalized spacial score (nSPS) is 11.0. The second kappa shape index (κ2) is 10.0. The van der Waals surface area contributed by atoms with E-state index in [9.17, 15) is 22.8 Å². The molecule has 0 fully saturated rings. The fraction of sp³-hybridized carbons (Fsp3) is 0.188. The third kappa shape index (κ3) is 6.18. The summed E-state index contributed by atoms with van der Waals surface area (Å²) >= 11 is 0. The standard InChI is InChI=1S/C16H16FN2O4S.Na/c17-14-6-8-15(9-7-14)24(22,23)19(11-10-16(20)18-21)12-13-4-2-1-3-5-13;/h1-9H,10-12H2,(H-,18,20,21);/q-1;+1. The van der Waals surface area contributed by atoms with Gasteiger partial charge in [0.15, 0.2) is 0 Å². The summed E-state index contributed by atoms with van der Waals surface area (Å²) in [5.74, 6) is -1.35. The quantitative estimate of drug-likeness (QED) is 0.499. The van der Waals surface area contributed by atoms with E-state index in [4.69, 9.17) is 0 Å². The van der Waals surface area contributed by atoms with Crippen molar-refractivity contribution >= 4 is 15.9 Å². The molecular formula is C16H16FN2NaO4S. The Hall–Kier alpha value is -1.29. The summed E-state index contributed by atoms with van der Waals surface area (Å²) in [6.07, 6.45) is -0.267. The van der Waals surface area contributed by atoms with Gasteiger partial charge < -0.3 is 10.7 Å². The first-order valence-corrected chi connectivity index (χ1v) is 8.58. The van der Waals surface area contributed by atoms with Crippen LogP contribution in [0.15, 0.2) is 59.5 Å². The van der Waals surface area contributed by atoms with Gasteiger partial charge in [-0.15, -0.1) is 0 Å². The smallest absolute Gasteiger partial charge is 0.759 e. The number of rotatable bonds is 7. The van der Waals surface area contributed by atoms with Gasteiger partial charge in [0.05, 0.1) is 4.90 Å². The number of hydrogen-bond donors (Lipinski definition) is 1. The SMILES string of the molecule is O=C(CCN(Cc1ccccc1)S(=O)(=O)c1ccc(F)cc1)N[O-].[Na+]. The minimum atomic E-state index is -3.94. The first kappa shape index (κ1) is 21.8. The summed E-state index contributed by atoms with van der Waals surface area (Å²) in [6.45, 7) is -0.130. The summed E-state index contributed by atoms with van der Waals surface area (Å²) in [5.41, 5.74) is 1.95. The molecule has 2 aromatic carbocycles. The van der Waals surface area contributed by atoms with Gasteiger partial charge in [-0.2, -0.15) is 4.31 Å². The van der Waals surface area contributed by atoms with Crippen LogP contribution in [-0.4, -0.2) is 25.2 Å². The van der Waals surface area contributed by atoms with Crippen molar-refractivity contribution in [2.75, 3.05) is 6.54 Å². The van der Waals surface area contributed by atoms with Gasteiger partial charge in [0, 0.05) is 19.5 Å². The molecule has 0 saturated heterocycles. The fourth-order valence-electron chi connectivity index (χ4n) is 2.10. The molecule has 0 spiro atoms. The summed E-state index contributed by atoms with van der Waals surface area (Å²) in [5, 5.41) is 10.3. The van der Waals surface area contributed by atoms with E-state index in [-0.39, 0.29) is 54.0 Å². The monoisotopic (exact) mass is 374 g/mol. The Bertz CT molecular complexity index is 786. The van der Waals surface area contributed by atoms with Crippen LogP contribution in [0.25, 0.3) is 0 Å². The van der Waals surface area contributed by atoms with Crippen molar-refractivity contribution in [3.63, 3.8) is 0 Å². The Labute approximate surface area is 168 Å². The van der Waals surface area contributed by atoms with Crippen molar-refractivity contribution in [3.05, 3.63) is 71.2 Å². The van der Waals surface area contributed by atoms with E-state index in [0.717, 1.165) is 34.1 Å². The van der Waals surface area contributed by atoms with Crippen molar-refractivity contribution in [2.45, 2.75) is 17.9 Å². The number of halogens is 1. The Morgan fingerprint density at radius 2 is 1.68 bits per heavy atom. The Kier molecular flexibility index (Phi) is 8.70. The van der Waals surface area contributed by atoms with Crippen LogP contribution < -0.4 is 35.0 Å². The van der Waals surface area contributed by atoms with Crippen molar-refractivity contribution in [2.24, 2.45) is 0 Å². The zero-order valence-corrected chi connectivity index (χ0v) is 16.5. The first-order chi connectivity index (χ1) is 11.4. The number of hydrogen-bond acceptors (Lipinski definition) is 4. The molecule has 0 aliphatic carbocycles. The van der Waals surface area contributed by atoms with E-state index in [2.05, 4.69) is 0 Å². The van der Waals surface area contributed by atoms with Crippen molar-refractivity contribution in [3.8, 4) is 0 Å². The van der Waals surface area contributed by atoms with Crippen LogP contribution in [0.3, 0.4) is 0 Å². The van der Waals surface area contributed by atoms with E-state index < -0.39 is 21.7 Å². The molecule has 0 aromatic heterocycles. The number of benzene rings is 2. The zero-order chi connectivity index (χ0) is 17.6. The number of carbonyl (C=O) groups excluding carboxylic acids is 1. The van der Waals surface area contributed by atoms with Crippen LogP contribution in [-0.2, 0) is 21.4 Å². The van der Waals surface area contributed by atoms with Gasteiger partial charge in [0.1, 0.15) is 5.82 Å². The first-order valence-electron chi connectivity index (χ1n) is 7.14. The largest absolute Gasteiger partial charge is 1.00 e. The molecule has 0 aliphatic heterocycles. The van der Waals surface area contributed by atoms with Gasteiger partial charge in [-0.25, -0.2) is 12.8 Å². The average molecular weight is 374 g/mol. The van der Waals surface area contributed by atoms with E-state index in [1.165, 1.54) is 5.48 Å². The predicted octanol–water partition coefficient (Wildman–Crippen LogP) is -0.975. The molecule has 0 radical (unpaired) electrons. The Morgan fingerprint density at radius 3 is 2.24 bits per heavy atom. The molecule has 0 unspecified atom stereocenters. The van der Waals surface area contributed by atoms with Gasteiger partial charge in [0.2, 0.25) is 15.9 Å². The maximum Gasteiger partial charge on any atom is 1.00 e. The van der Waals surface area contributed by atoms with Gasteiger partial charge >= 0.3 is 29.6 Å². The fourth-order valence-corrected chi connectivity index (χ4v) is 3.53. The third-order valence-electron chi connectivity index (χ3n) is 3.36. The summed E-state index contributed by atoms with van der Waals surface area (Å²) in [6, 6.07) is 13.3. The molecule has 1 amide bonds. The van der Waals surface area contributed by atoms with Crippen molar-refractivity contribution in [1.82, 2.24) is 9.79 Å². The Balaban J connectivity index is 0.00000312. The summed E-state index contributed by atoms with van der Waals surface area (Å²) < 4.78 is 39.6. The van der Waals surface area contributed by atoms with Gasteiger partial charge in [0.25, 0.3) is 0 Å². The van der Waals surface area contributed by atoms with Gasteiger partial charge in [-0.05, 0) is 29.8 Å². The molecule has 25 heavy (non-hydrogen) atoms. The van der Waals surface area contributed by atoms with Crippen LogP contribution >= 0.6 is 0 Å². The van der Waals surface area contributed by atoms with Crippen LogP contribution in [0.1, 0.15) is 12.0 Å². The van der Waals surface area contributed by atoms with Crippen LogP contribution in [0.4, 0.5) is 4.39 Å². The molecule has 2 rings (SSSR count). The molecule has 0 saturated carbocycles. The number of nitrogens with zero attached hydrogens (tertiary/aromatic N) is 1. The summed E-state index contributed by atoms with van der Waals surface area (Å²) in [4.78, 5) is 11.1. The molecule has 0 atom stereocenters. The molecule has 0 aliphatic rings. The minimum Gasteiger partial charge on any atom is -0.759 e. The molecule has 0 heterocycles. The molecule has 6 nitrogen and oxygen atoms in total. The third-order valence-corrected chi connectivity index (χ3v) is 5.21. The van der Waals surface area contributed by atoms with Crippen molar-refractivity contribution < 1.29 is 47.2 Å². The maximum absolute atomic E-state index is 13.0. The van der Waals surface area contributed by atoms with E-state index >= 15 is 0 Å². The minimum absolute atomic E-state index is 0. The number of amides is 1. The van der Waals surface area contributed by atoms with Crippen LogP contribution in [0.2, 0.25) is 0 Å². The topological polar surface area (TPSA) is 89.5 Å². The van der Waals surface area contributed by atoms with Crippen LogP contribution in [0.5, 0.6) is 0 Å². The molecule has 128 valence electrons. The number of sulfonamides is 1. The molecule has 2 aromatic rings. The maximum atomic E-state index is 13.0. The number of hydroxylamine groups is 1. The average Bonchev–Trinajstić information content (AvgIpc) is 2.59. The molecule has 9 heteroatoms. The van der Waals surface area contributed by atoms with E-state index in [1.807, 2.05) is 0 Å². The zero-order valence-electron chi connectivity index (χ0n) is 13.7. The second-order valence-corrected chi connectivity index (χ2v) is 6.99. The van der Waals surface area contributed by atoms with Crippen LogP contribution in [0, 0.1) is 11.0 Å². The van der Waals surface area contributed by atoms with Crippen molar-refractivity contribution in [1.29, 1.82) is 0 Å². The predicted molar refractivity (Wildman–Crippen MR) is 86.6 cm³/mol. The summed E-state index contributed by atoms with van der Waals surface area (Å²) in [7, 11) is -3.94. The van der Waals surface area contributed by atoms with E-state index in [0.29, 0.717) is 0 Å². The van der Waals surface area contributed by atoms with E-state index in [1.54, 1.807) is 30.3 Å². The molecular weight excluding hydrogens is 358 g/mol. The molecule has 0 bridgehead atoms. The number of carbonyl (C=O) groups is 1. The number of nitrogens with one attached hydrogen (secondary N) is 1. The van der Waals surface area contributed by atoms with Gasteiger partial charge in [-0.1, -0.05) is 30.3 Å². The van der Waals surface area contributed by atoms with Gasteiger partial charge in [-0.3, -0.25) is 4.79 Å². The second-order valence-electron chi connectivity index (χ2n) is 5.05. The Morgan fingerprint density at radius 1 is 1.08 bits per heavy atom. The molecule has 1 N–H and O–H groups in total.